The normalized spacial score (nSPS) is 19.0. The van der Waals surface area contributed by atoms with Crippen LogP contribution in [-0.4, -0.2) is 31.4 Å². The standard InChI is InChI=1S/C9H14O6.2Na/c1-5(2)6-14-3-9(4-15-6,7(10)11)8(12)13;;/h5-6H,3-4H2,1-2H3,(H,10,11)(H,12,13);;/q;2*+1/p-2. The molecule has 0 amide bonds. The summed E-state index contributed by atoms with van der Waals surface area (Å²) in [6.07, 6.45) is -0.586. The van der Waals surface area contributed by atoms with Gasteiger partial charge in [-0.15, -0.1) is 0 Å². The summed E-state index contributed by atoms with van der Waals surface area (Å²) in [5.41, 5.74) is -2.19. The molecule has 0 unspecified atom stereocenters. The third-order valence-electron chi connectivity index (χ3n) is 2.31. The van der Waals surface area contributed by atoms with Crippen molar-refractivity contribution in [3.8, 4) is 0 Å². The Kier molecular flexibility index (Phi) is 9.64. The number of carbonyl (C=O) groups excluding carboxylic acids is 2. The molecule has 0 saturated carbocycles. The molecule has 0 radical (unpaired) electrons. The fourth-order valence-corrected chi connectivity index (χ4v) is 1.24. The van der Waals surface area contributed by atoms with Crippen LogP contribution in [0.1, 0.15) is 13.8 Å². The minimum absolute atomic E-state index is 0. The van der Waals surface area contributed by atoms with Crippen LogP contribution in [0, 0.1) is 11.3 Å². The van der Waals surface area contributed by atoms with E-state index >= 15 is 0 Å². The van der Waals surface area contributed by atoms with Gasteiger partial charge in [0.15, 0.2) is 6.29 Å². The smallest absolute Gasteiger partial charge is 0.549 e. The number of ether oxygens (including phenoxy) is 2. The van der Waals surface area contributed by atoms with Crippen molar-refractivity contribution in [2.75, 3.05) is 13.2 Å². The van der Waals surface area contributed by atoms with Gasteiger partial charge in [-0.2, -0.15) is 0 Å². The summed E-state index contributed by atoms with van der Waals surface area (Å²) in [6.45, 7) is 2.66. The van der Waals surface area contributed by atoms with E-state index in [-0.39, 0.29) is 65.0 Å². The van der Waals surface area contributed by atoms with Crippen LogP contribution in [0.3, 0.4) is 0 Å². The third-order valence-corrected chi connectivity index (χ3v) is 2.31. The molecule has 6 nitrogen and oxygen atoms in total. The van der Waals surface area contributed by atoms with Crippen LogP contribution in [0.25, 0.3) is 0 Å². The molecule has 1 aliphatic rings. The fraction of sp³-hybridized carbons (Fsp3) is 0.778. The zero-order valence-corrected chi connectivity index (χ0v) is 14.5. The van der Waals surface area contributed by atoms with Crippen molar-refractivity contribution in [1.29, 1.82) is 0 Å². The van der Waals surface area contributed by atoms with E-state index in [2.05, 4.69) is 0 Å². The Morgan fingerprint density at radius 3 is 1.71 bits per heavy atom. The molecule has 8 heteroatoms. The summed E-state index contributed by atoms with van der Waals surface area (Å²) in [4.78, 5) is 21.4. The van der Waals surface area contributed by atoms with Crippen molar-refractivity contribution in [2.24, 2.45) is 11.3 Å². The summed E-state index contributed by atoms with van der Waals surface area (Å²) in [5.74, 6) is -3.47. The molecule has 1 rings (SSSR count). The number of carbonyl (C=O) groups is 2. The molecule has 1 saturated heterocycles. The van der Waals surface area contributed by atoms with Crippen LogP contribution >= 0.6 is 0 Å². The molecule has 0 N–H and O–H groups in total. The minimum Gasteiger partial charge on any atom is -0.549 e. The van der Waals surface area contributed by atoms with E-state index in [0.717, 1.165) is 0 Å². The Hall–Kier alpha value is 0.860. The molecule has 1 aliphatic heterocycles. The molecule has 0 bridgehead atoms. The SMILES string of the molecule is CC(C)C1OCC(C(=O)[O-])(C(=O)[O-])CO1.[Na+].[Na+]. The Morgan fingerprint density at radius 2 is 1.47 bits per heavy atom. The van der Waals surface area contributed by atoms with Gasteiger partial charge in [0.2, 0.25) is 0 Å². The largest absolute Gasteiger partial charge is 1.00 e. The van der Waals surface area contributed by atoms with E-state index in [4.69, 9.17) is 9.47 Å². The van der Waals surface area contributed by atoms with Gasteiger partial charge in [-0.25, -0.2) is 0 Å². The molecule has 0 atom stereocenters. The van der Waals surface area contributed by atoms with Gasteiger partial charge in [0.05, 0.1) is 30.6 Å². The van der Waals surface area contributed by atoms with Gasteiger partial charge in [-0.05, 0) is 0 Å². The molecule has 0 aliphatic carbocycles. The number of carboxylic acids is 2. The number of hydrogen-bond acceptors (Lipinski definition) is 6. The first-order valence-electron chi connectivity index (χ1n) is 4.56. The molecular formula is C9H12Na2O6. The second kappa shape index (κ2) is 8.12. The van der Waals surface area contributed by atoms with Crippen LogP contribution < -0.4 is 69.3 Å². The average molecular weight is 262 g/mol. The second-order valence-electron chi connectivity index (χ2n) is 3.89. The summed E-state index contributed by atoms with van der Waals surface area (Å²) in [6, 6.07) is 0. The molecule has 1 fully saturated rings. The van der Waals surface area contributed by atoms with Gasteiger partial charge in [0, 0.05) is 5.92 Å². The Balaban J connectivity index is 0. The molecule has 0 aromatic carbocycles. The van der Waals surface area contributed by atoms with Gasteiger partial charge in [-0.3, -0.25) is 0 Å². The molecular weight excluding hydrogens is 250 g/mol. The zero-order chi connectivity index (χ0) is 11.6. The third kappa shape index (κ3) is 4.47. The molecule has 86 valence electrons. The molecule has 0 aromatic heterocycles. The van der Waals surface area contributed by atoms with Crippen molar-refractivity contribution in [3.63, 3.8) is 0 Å². The first kappa shape index (κ1) is 20.2. The Morgan fingerprint density at radius 1 is 1.12 bits per heavy atom. The van der Waals surface area contributed by atoms with Gasteiger partial charge < -0.3 is 29.3 Å². The maximum absolute atomic E-state index is 10.7. The number of aliphatic carboxylic acids is 2. The van der Waals surface area contributed by atoms with E-state index in [1.165, 1.54) is 0 Å². The van der Waals surface area contributed by atoms with E-state index in [1.807, 2.05) is 13.8 Å². The van der Waals surface area contributed by atoms with Crippen molar-refractivity contribution in [3.05, 3.63) is 0 Å². The Bertz CT molecular complexity index is 257. The van der Waals surface area contributed by atoms with Crippen molar-refractivity contribution >= 4 is 11.9 Å². The van der Waals surface area contributed by atoms with Crippen LogP contribution in [-0.2, 0) is 19.1 Å². The van der Waals surface area contributed by atoms with Crippen molar-refractivity contribution < 1.29 is 88.4 Å². The van der Waals surface area contributed by atoms with Gasteiger partial charge in [-0.1, -0.05) is 13.8 Å². The number of hydrogen-bond donors (Lipinski definition) is 0. The van der Waals surface area contributed by atoms with E-state index < -0.39 is 36.9 Å². The Labute approximate surface area is 144 Å². The van der Waals surface area contributed by atoms with E-state index in [9.17, 15) is 19.8 Å². The van der Waals surface area contributed by atoms with E-state index in [1.54, 1.807) is 0 Å². The maximum Gasteiger partial charge on any atom is 1.00 e. The van der Waals surface area contributed by atoms with Gasteiger partial charge in [0.25, 0.3) is 0 Å². The fourth-order valence-electron chi connectivity index (χ4n) is 1.24. The number of carboxylic acid groups (broad SMARTS) is 2. The first-order chi connectivity index (χ1) is 6.90. The average Bonchev–Trinajstić information content (AvgIpc) is 2.17. The van der Waals surface area contributed by atoms with Gasteiger partial charge >= 0.3 is 59.1 Å². The molecule has 1 heterocycles. The topological polar surface area (TPSA) is 98.7 Å². The predicted molar refractivity (Wildman–Crippen MR) is 43.0 cm³/mol. The minimum atomic E-state index is -2.19. The van der Waals surface area contributed by atoms with Crippen LogP contribution in [0.4, 0.5) is 0 Å². The maximum atomic E-state index is 10.7. The van der Waals surface area contributed by atoms with Crippen LogP contribution in [0.2, 0.25) is 0 Å². The second-order valence-corrected chi connectivity index (χ2v) is 3.89. The molecule has 0 spiro atoms. The summed E-state index contributed by atoms with van der Waals surface area (Å²) >= 11 is 0. The van der Waals surface area contributed by atoms with Crippen molar-refractivity contribution in [1.82, 2.24) is 0 Å². The van der Waals surface area contributed by atoms with Crippen LogP contribution in [0.15, 0.2) is 0 Å². The summed E-state index contributed by atoms with van der Waals surface area (Å²) in [5, 5.41) is 21.4. The zero-order valence-electron chi connectivity index (χ0n) is 10.5. The first-order valence-corrected chi connectivity index (χ1v) is 4.56. The summed E-state index contributed by atoms with van der Waals surface area (Å²) in [7, 11) is 0. The van der Waals surface area contributed by atoms with Gasteiger partial charge in [0.1, 0.15) is 0 Å². The van der Waals surface area contributed by atoms with Crippen LogP contribution in [0.5, 0.6) is 0 Å². The monoisotopic (exact) mass is 262 g/mol. The summed E-state index contributed by atoms with van der Waals surface area (Å²) < 4.78 is 10.0. The predicted octanol–water partition coefficient (Wildman–Crippen LogP) is -8.49. The number of rotatable bonds is 3. The van der Waals surface area contributed by atoms with Crippen molar-refractivity contribution in [2.45, 2.75) is 20.1 Å². The molecule has 0 aromatic rings. The molecule has 17 heavy (non-hydrogen) atoms. The quantitative estimate of drug-likeness (QED) is 0.370. The van der Waals surface area contributed by atoms with E-state index in [0.29, 0.717) is 0 Å².